The molecule has 0 atom stereocenters. The highest BCUT2D eigenvalue weighted by Gasteiger charge is 2.22. The monoisotopic (exact) mass is 369 g/mol. The first-order valence-electron chi connectivity index (χ1n) is 7.91. The fraction of sp³-hybridized carbons (Fsp3) is 0.0500. The van der Waals surface area contributed by atoms with Crippen LogP contribution in [0.1, 0.15) is 5.56 Å². The molecular formula is C20H16FNO3S. The smallest absolute Gasteiger partial charge is 0.264 e. The van der Waals surface area contributed by atoms with E-state index in [4.69, 9.17) is 0 Å². The Hall–Kier alpha value is -2.99. The van der Waals surface area contributed by atoms with Gasteiger partial charge in [-0.1, -0.05) is 66.7 Å². The first-order chi connectivity index (χ1) is 12.5. The van der Waals surface area contributed by atoms with Crippen molar-refractivity contribution >= 4 is 15.9 Å². The third-order valence-electron chi connectivity index (χ3n) is 3.82. The van der Waals surface area contributed by atoms with E-state index in [1.165, 1.54) is 24.3 Å². The van der Waals surface area contributed by atoms with Gasteiger partial charge in [0.2, 0.25) is 5.91 Å². The Balaban J connectivity index is 1.88. The van der Waals surface area contributed by atoms with Crippen LogP contribution in [0.3, 0.4) is 0 Å². The standard InChI is InChI=1S/C20H16FNO3S/c21-18-12-6-4-10-16(18)14-20(23)22-26(24,25)19-13-7-5-11-17(19)15-8-2-1-3-9-15/h1-13H,14H2,(H,22,23). The molecule has 0 aliphatic heterocycles. The number of amides is 1. The second-order valence-electron chi connectivity index (χ2n) is 5.66. The van der Waals surface area contributed by atoms with Gasteiger partial charge < -0.3 is 0 Å². The molecule has 0 saturated heterocycles. The molecule has 0 bridgehead atoms. The van der Waals surface area contributed by atoms with Crippen LogP contribution in [-0.4, -0.2) is 14.3 Å². The summed E-state index contributed by atoms with van der Waals surface area (Å²) in [6.45, 7) is 0. The van der Waals surface area contributed by atoms with E-state index >= 15 is 0 Å². The van der Waals surface area contributed by atoms with E-state index in [-0.39, 0.29) is 16.9 Å². The third-order valence-corrected chi connectivity index (χ3v) is 5.25. The van der Waals surface area contributed by atoms with E-state index in [2.05, 4.69) is 0 Å². The number of hydrogen-bond donors (Lipinski definition) is 1. The molecule has 0 aliphatic carbocycles. The van der Waals surface area contributed by atoms with Gasteiger partial charge in [-0.25, -0.2) is 17.5 Å². The van der Waals surface area contributed by atoms with Crippen molar-refractivity contribution in [3.8, 4) is 11.1 Å². The number of carbonyl (C=O) groups excluding carboxylic acids is 1. The molecule has 3 aromatic rings. The van der Waals surface area contributed by atoms with Crippen LogP contribution < -0.4 is 4.72 Å². The minimum absolute atomic E-state index is 0.00640. The fourth-order valence-corrected chi connectivity index (χ4v) is 3.83. The van der Waals surface area contributed by atoms with E-state index in [1.54, 1.807) is 48.5 Å². The molecule has 0 heterocycles. The van der Waals surface area contributed by atoms with Gasteiger partial charge >= 0.3 is 0 Å². The molecule has 0 saturated carbocycles. The molecule has 3 aromatic carbocycles. The van der Waals surface area contributed by atoms with E-state index in [1.807, 2.05) is 10.8 Å². The number of hydrogen-bond acceptors (Lipinski definition) is 3. The number of carbonyl (C=O) groups is 1. The Morgan fingerprint density at radius 3 is 2.19 bits per heavy atom. The molecular weight excluding hydrogens is 353 g/mol. The van der Waals surface area contributed by atoms with Crippen molar-refractivity contribution < 1.29 is 17.6 Å². The third kappa shape index (κ3) is 3.97. The van der Waals surface area contributed by atoms with Crippen molar-refractivity contribution in [1.82, 2.24) is 4.72 Å². The molecule has 0 spiro atoms. The molecule has 4 nitrogen and oxygen atoms in total. The molecule has 1 amide bonds. The lowest BCUT2D eigenvalue weighted by molar-refractivity contribution is -0.118. The number of nitrogens with one attached hydrogen (secondary N) is 1. The van der Waals surface area contributed by atoms with Crippen molar-refractivity contribution in [2.45, 2.75) is 11.3 Å². The summed E-state index contributed by atoms with van der Waals surface area (Å²) in [5, 5.41) is 0. The van der Waals surface area contributed by atoms with Gasteiger partial charge in [0.25, 0.3) is 10.0 Å². The van der Waals surface area contributed by atoms with Crippen molar-refractivity contribution in [3.05, 3.63) is 90.2 Å². The molecule has 6 heteroatoms. The van der Waals surface area contributed by atoms with E-state index in [9.17, 15) is 17.6 Å². The lowest BCUT2D eigenvalue weighted by Crippen LogP contribution is -2.32. The maximum absolute atomic E-state index is 13.7. The van der Waals surface area contributed by atoms with Crippen LogP contribution in [0.5, 0.6) is 0 Å². The highest BCUT2D eigenvalue weighted by atomic mass is 32.2. The van der Waals surface area contributed by atoms with Crippen LogP contribution >= 0.6 is 0 Å². The minimum atomic E-state index is -4.09. The molecule has 26 heavy (non-hydrogen) atoms. The predicted octanol–water partition coefficient (Wildman–Crippen LogP) is 3.54. The Labute approximate surface area is 151 Å². The summed E-state index contributed by atoms with van der Waals surface area (Å²) in [4.78, 5) is 12.1. The highest BCUT2D eigenvalue weighted by molar-refractivity contribution is 7.90. The molecule has 1 N–H and O–H groups in total. The highest BCUT2D eigenvalue weighted by Crippen LogP contribution is 2.26. The van der Waals surface area contributed by atoms with Crippen LogP contribution in [0.2, 0.25) is 0 Å². The Kier molecular flexibility index (Phi) is 5.14. The van der Waals surface area contributed by atoms with Gasteiger partial charge in [-0.15, -0.1) is 0 Å². The van der Waals surface area contributed by atoms with Crippen molar-refractivity contribution in [2.75, 3.05) is 0 Å². The van der Waals surface area contributed by atoms with Crippen LogP contribution in [0.15, 0.2) is 83.8 Å². The number of rotatable bonds is 5. The van der Waals surface area contributed by atoms with Crippen LogP contribution in [0.25, 0.3) is 11.1 Å². The zero-order valence-corrected chi connectivity index (χ0v) is 14.5. The van der Waals surface area contributed by atoms with Crippen LogP contribution in [0, 0.1) is 5.82 Å². The first-order valence-corrected chi connectivity index (χ1v) is 9.39. The van der Waals surface area contributed by atoms with Gasteiger partial charge in [0.15, 0.2) is 0 Å². The molecule has 3 rings (SSSR count). The van der Waals surface area contributed by atoms with E-state index < -0.39 is 21.7 Å². The maximum Gasteiger partial charge on any atom is 0.264 e. The van der Waals surface area contributed by atoms with Crippen molar-refractivity contribution in [3.63, 3.8) is 0 Å². The average Bonchev–Trinajstić information content (AvgIpc) is 2.64. The molecule has 0 unspecified atom stereocenters. The van der Waals surface area contributed by atoms with Gasteiger partial charge in [-0.05, 0) is 23.3 Å². The summed E-state index contributed by atoms with van der Waals surface area (Å²) in [5.41, 5.74) is 1.34. The molecule has 0 aliphatic rings. The summed E-state index contributed by atoms with van der Waals surface area (Å²) >= 11 is 0. The SMILES string of the molecule is O=C(Cc1ccccc1F)NS(=O)(=O)c1ccccc1-c1ccccc1. The summed E-state index contributed by atoms with van der Waals surface area (Å²) in [6.07, 6.45) is -0.362. The number of halogens is 1. The van der Waals surface area contributed by atoms with Gasteiger partial charge in [-0.3, -0.25) is 4.79 Å². The minimum Gasteiger partial charge on any atom is -0.274 e. The second kappa shape index (κ2) is 7.49. The van der Waals surface area contributed by atoms with Gasteiger partial charge in [0.05, 0.1) is 11.3 Å². The van der Waals surface area contributed by atoms with E-state index in [0.29, 0.717) is 5.56 Å². The van der Waals surface area contributed by atoms with E-state index in [0.717, 1.165) is 5.56 Å². The zero-order chi connectivity index (χ0) is 18.6. The van der Waals surface area contributed by atoms with Gasteiger partial charge in [-0.2, -0.15) is 0 Å². The van der Waals surface area contributed by atoms with Crippen LogP contribution in [-0.2, 0) is 21.2 Å². The Morgan fingerprint density at radius 2 is 1.46 bits per heavy atom. The number of sulfonamides is 1. The molecule has 0 radical (unpaired) electrons. The van der Waals surface area contributed by atoms with Gasteiger partial charge in [0, 0.05) is 5.56 Å². The summed E-state index contributed by atoms with van der Waals surface area (Å²) in [6, 6.07) is 21.2. The Bertz CT molecular complexity index is 1030. The topological polar surface area (TPSA) is 63.2 Å². The quantitative estimate of drug-likeness (QED) is 0.748. The van der Waals surface area contributed by atoms with Gasteiger partial charge in [0.1, 0.15) is 5.82 Å². The van der Waals surface area contributed by atoms with Crippen molar-refractivity contribution in [2.24, 2.45) is 0 Å². The molecule has 132 valence electrons. The Morgan fingerprint density at radius 1 is 0.846 bits per heavy atom. The normalized spacial score (nSPS) is 11.1. The van der Waals surface area contributed by atoms with Crippen molar-refractivity contribution in [1.29, 1.82) is 0 Å². The average molecular weight is 369 g/mol. The summed E-state index contributed by atoms with van der Waals surface area (Å²) in [5.74, 6) is -1.34. The summed E-state index contributed by atoms with van der Waals surface area (Å²) < 4.78 is 41.1. The maximum atomic E-state index is 13.7. The predicted molar refractivity (Wildman–Crippen MR) is 97.3 cm³/mol. The van der Waals surface area contributed by atoms with Crippen LogP contribution in [0.4, 0.5) is 4.39 Å². The number of benzene rings is 3. The second-order valence-corrected chi connectivity index (χ2v) is 7.31. The lowest BCUT2D eigenvalue weighted by Gasteiger charge is -2.12. The lowest BCUT2D eigenvalue weighted by atomic mass is 10.1. The molecule has 0 fully saturated rings. The fourth-order valence-electron chi connectivity index (χ4n) is 2.61. The first kappa shape index (κ1) is 17.8. The largest absolute Gasteiger partial charge is 0.274 e. The molecule has 0 aromatic heterocycles. The summed E-state index contributed by atoms with van der Waals surface area (Å²) in [7, 11) is -4.09. The zero-order valence-electron chi connectivity index (χ0n) is 13.7.